The minimum atomic E-state index is -3.44. The molecule has 0 fully saturated rings. The SMILES string of the molecule is CNS(=O)(=O)c1ccccc1NC(C)CN. The Morgan fingerprint density at radius 1 is 1.38 bits per heavy atom. The number of nitrogens with one attached hydrogen (secondary N) is 2. The maximum atomic E-state index is 11.7. The van der Waals surface area contributed by atoms with Crippen molar-refractivity contribution >= 4 is 15.7 Å². The lowest BCUT2D eigenvalue weighted by molar-refractivity contribution is 0.588. The second-order valence-electron chi connectivity index (χ2n) is 3.48. The first kappa shape index (κ1) is 13.0. The predicted molar refractivity (Wildman–Crippen MR) is 64.8 cm³/mol. The average Bonchev–Trinajstić information content (AvgIpc) is 2.29. The highest BCUT2D eigenvalue weighted by atomic mass is 32.2. The molecular formula is C10H17N3O2S. The number of nitrogens with two attached hydrogens (primary N) is 1. The second-order valence-corrected chi connectivity index (χ2v) is 5.34. The van der Waals surface area contributed by atoms with Gasteiger partial charge in [-0.2, -0.15) is 0 Å². The summed E-state index contributed by atoms with van der Waals surface area (Å²) in [5.74, 6) is 0. The van der Waals surface area contributed by atoms with Crippen molar-refractivity contribution in [2.45, 2.75) is 17.9 Å². The number of para-hydroxylation sites is 1. The summed E-state index contributed by atoms with van der Waals surface area (Å²) in [6.07, 6.45) is 0. The molecule has 0 amide bonds. The summed E-state index contributed by atoms with van der Waals surface area (Å²) in [7, 11) is -2.05. The molecule has 0 spiro atoms. The molecule has 0 bridgehead atoms. The maximum absolute atomic E-state index is 11.7. The van der Waals surface area contributed by atoms with Gasteiger partial charge in [-0.15, -0.1) is 0 Å². The first-order chi connectivity index (χ1) is 7.51. The van der Waals surface area contributed by atoms with E-state index in [0.717, 1.165) is 0 Å². The van der Waals surface area contributed by atoms with E-state index in [-0.39, 0.29) is 10.9 Å². The van der Waals surface area contributed by atoms with Crippen molar-refractivity contribution in [3.63, 3.8) is 0 Å². The Hall–Kier alpha value is -1.11. The van der Waals surface area contributed by atoms with Crippen molar-refractivity contribution in [2.75, 3.05) is 18.9 Å². The fourth-order valence-corrected chi connectivity index (χ4v) is 2.15. The Labute approximate surface area is 96.1 Å². The third-order valence-electron chi connectivity index (χ3n) is 2.20. The molecule has 0 aliphatic carbocycles. The summed E-state index contributed by atoms with van der Waals surface area (Å²) >= 11 is 0. The van der Waals surface area contributed by atoms with Crippen molar-refractivity contribution < 1.29 is 8.42 Å². The largest absolute Gasteiger partial charge is 0.380 e. The highest BCUT2D eigenvalue weighted by Crippen LogP contribution is 2.20. The number of hydrogen-bond donors (Lipinski definition) is 3. The highest BCUT2D eigenvalue weighted by molar-refractivity contribution is 7.89. The molecule has 0 saturated heterocycles. The zero-order valence-electron chi connectivity index (χ0n) is 9.40. The van der Waals surface area contributed by atoms with Crippen LogP contribution in [0.4, 0.5) is 5.69 Å². The van der Waals surface area contributed by atoms with Crippen LogP contribution in [0.25, 0.3) is 0 Å². The fourth-order valence-electron chi connectivity index (χ4n) is 1.25. The van der Waals surface area contributed by atoms with E-state index >= 15 is 0 Å². The third-order valence-corrected chi connectivity index (χ3v) is 3.67. The number of rotatable bonds is 5. The van der Waals surface area contributed by atoms with Crippen molar-refractivity contribution in [1.82, 2.24) is 4.72 Å². The van der Waals surface area contributed by atoms with Crippen LogP contribution in [0.5, 0.6) is 0 Å². The fraction of sp³-hybridized carbons (Fsp3) is 0.400. The van der Waals surface area contributed by atoms with Crippen LogP contribution in [0, 0.1) is 0 Å². The normalized spacial score (nSPS) is 13.4. The van der Waals surface area contributed by atoms with Gasteiger partial charge in [0.05, 0.1) is 5.69 Å². The monoisotopic (exact) mass is 243 g/mol. The summed E-state index contributed by atoms with van der Waals surface area (Å²) in [5, 5.41) is 3.06. The maximum Gasteiger partial charge on any atom is 0.242 e. The van der Waals surface area contributed by atoms with Crippen molar-refractivity contribution in [3.05, 3.63) is 24.3 Å². The molecule has 0 aromatic heterocycles. The summed E-state index contributed by atoms with van der Waals surface area (Å²) in [4.78, 5) is 0.234. The van der Waals surface area contributed by atoms with Gasteiger partial charge in [-0.05, 0) is 26.1 Å². The van der Waals surface area contributed by atoms with E-state index in [4.69, 9.17) is 5.73 Å². The van der Waals surface area contributed by atoms with Crippen LogP contribution < -0.4 is 15.8 Å². The zero-order chi connectivity index (χ0) is 12.2. The smallest absolute Gasteiger partial charge is 0.242 e. The van der Waals surface area contributed by atoms with Crippen LogP contribution >= 0.6 is 0 Å². The Morgan fingerprint density at radius 3 is 2.56 bits per heavy atom. The molecule has 1 aromatic rings. The van der Waals surface area contributed by atoms with Crippen molar-refractivity contribution in [2.24, 2.45) is 5.73 Å². The lowest BCUT2D eigenvalue weighted by Crippen LogP contribution is -2.27. The van der Waals surface area contributed by atoms with Gasteiger partial charge in [0.2, 0.25) is 10.0 Å². The molecule has 1 rings (SSSR count). The minimum Gasteiger partial charge on any atom is -0.380 e. The first-order valence-corrected chi connectivity index (χ1v) is 6.48. The Morgan fingerprint density at radius 2 is 2.00 bits per heavy atom. The first-order valence-electron chi connectivity index (χ1n) is 5.00. The highest BCUT2D eigenvalue weighted by Gasteiger charge is 2.16. The van der Waals surface area contributed by atoms with Crippen LogP contribution in [0.1, 0.15) is 6.92 Å². The van der Waals surface area contributed by atoms with E-state index < -0.39 is 10.0 Å². The Bertz CT molecular complexity index is 445. The number of anilines is 1. The summed E-state index contributed by atoms with van der Waals surface area (Å²) in [6, 6.07) is 6.75. The summed E-state index contributed by atoms with van der Waals surface area (Å²) in [5.41, 5.74) is 6.05. The molecule has 90 valence electrons. The molecule has 1 unspecified atom stereocenters. The molecule has 0 aliphatic rings. The second kappa shape index (κ2) is 5.29. The van der Waals surface area contributed by atoms with Crippen LogP contribution in [0.2, 0.25) is 0 Å². The standard InChI is InChI=1S/C10H17N3O2S/c1-8(7-11)13-9-5-3-4-6-10(9)16(14,15)12-2/h3-6,8,12-13H,7,11H2,1-2H3. The average molecular weight is 243 g/mol. The predicted octanol–water partition coefficient (Wildman–Crippen LogP) is 0.354. The zero-order valence-corrected chi connectivity index (χ0v) is 10.2. The van der Waals surface area contributed by atoms with E-state index in [1.54, 1.807) is 24.3 Å². The number of sulfonamides is 1. The molecule has 1 atom stereocenters. The molecule has 16 heavy (non-hydrogen) atoms. The van der Waals surface area contributed by atoms with Crippen LogP contribution in [-0.2, 0) is 10.0 Å². The minimum absolute atomic E-state index is 0.0215. The van der Waals surface area contributed by atoms with Gasteiger partial charge in [-0.3, -0.25) is 0 Å². The van der Waals surface area contributed by atoms with Crippen LogP contribution in [0.15, 0.2) is 29.2 Å². The van der Waals surface area contributed by atoms with Gasteiger partial charge in [0.15, 0.2) is 0 Å². The van der Waals surface area contributed by atoms with E-state index in [9.17, 15) is 8.42 Å². The van der Waals surface area contributed by atoms with E-state index in [1.165, 1.54) is 7.05 Å². The van der Waals surface area contributed by atoms with Gasteiger partial charge in [-0.25, -0.2) is 13.1 Å². The lowest BCUT2D eigenvalue weighted by Gasteiger charge is -2.16. The van der Waals surface area contributed by atoms with Crippen LogP contribution in [0.3, 0.4) is 0 Å². The molecule has 0 saturated carbocycles. The molecular weight excluding hydrogens is 226 g/mol. The van der Waals surface area contributed by atoms with Gasteiger partial charge in [0, 0.05) is 12.6 Å². The molecule has 0 aliphatic heterocycles. The molecule has 0 heterocycles. The van der Waals surface area contributed by atoms with Gasteiger partial charge in [0.25, 0.3) is 0 Å². The van der Waals surface area contributed by atoms with Gasteiger partial charge >= 0.3 is 0 Å². The quantitative estimate of drug-likeness (QED) is 0.697. The lowest BCUT2D eigenvalue weighted by atomic mass is 10.2. The van der Waals surface area contributed by atoms with E-state index in [2.05, 4.69) is 10.0 Å². The van der Waals surface area contributed by atoms with Gasteiger partial charge in [-0.1, -0.05) is 12.1 Å². The Balaban J connectivity index is 3.11. The van der Waals surface area contributed by atoms with E-state index in [0.29, 0.717) is 12.2 Å². The van der Waals surface area contributed by atoms with Crippen molar-refractivity contribution in [1.29, 1.82) is 0 Å². The Kier molecular flexibility index (Phi) is 4.28. The molecule has 4 N–H and O–H groups in total. The van der Waals surface area contributed by atoms with Gasteiger partial charge < -0.3 is 11.1 Å². The third kappa shape index (κ3) is 2.94. The van der Waals surface area contributed by atoms with Crippen molar-refractivity contribution in [3.8, 4) is 0 Å². The number of hydrogen-bond acceptors (Lipinski definition) is 4. The molecule has 1 aromatic carbocycles. The van der Waals surface area contributed by atoms with Crippen LogP contribution in [-0.4, -0.2) is 28.1 Å². The summed E-state index contributed by atoms with van der Waals surface area (Å²) in [6.45, 7) is 2.33. The molecule has 5 nitrogen and oxygen atoms in total. The number of benzene rings is 1. The van der Waals surface area contributed by atoms with Gasteiger partial charge in [0.1, 0.15) is 4.90 Å². The van der Waals surface area contributed by atoms with E-state index in [1.807, 2.05) is 6.92 Å². The topological polar surface area (TPSA) is 84.2 Å². The summed E-state index contributed by atoms with van der Waals surface area (Å²) < 4.78 is 25.7. The molecule has 0 radical (unpaired) electrons. The molecule has 6 heteroatoms.